The Bertz CT molecular complexity index is 1010. The number of aryl methyl sites for hydroxylation is 1. The largest absolute Gasteiger partial charge is 0.325 e. The average Bonchev–Trinajstić information content (AvgIpc) is 2.68. The summed E-state index contributed by atoms with van der Waals surface area (Å²) in [6.45, 7) is 6.03. The Morgan fingerprint density at radius 2 is 1.89 bits per heavy atom. The summed E-state index contributed by atoms with van der Waals surface area (Å²) in [7, 11) is 0. The number of nitrogens with one attached hydrogen (secondary N) is 1. The van der Waals surface area contributed by atoms with Crippen LogP contribution in [-0.4, -0.2) is 21.2 Å². The second kappa shape index (κ2) is 8.39. The van der Waals surface area contributed by atoms with Gasteiger partial charge in [0.1, 0.15) is 0 Å². The predicted octanol–water partition coefficient (Wildman–Crippen LogP) is 4.41. The highest BCUT2D eigenvalue weighted by Gasteiger charge is 2.16. The van der Waals surface area contributed by atoms with Crippen LogP contribution in [0.5, 0.6) is 0 Å². The zero-order valence-electron chi connectivity index (χ0n) is 15.7. The number of hydrogen-bond donors (Lipinski definition) is 1. The summed E-state index contributed by atoms with van der Waals surface area (Å²) in [5.74, 6) is 0.0664. The Morgan fingerprint density at radius 1 is 1.19 bits per heavy atom. The van der Waals surface area contributed by atoms with Gasteiger partial charge in [0.2, 0.25) is 5.91 Å². The van der Waals surface area contributed by atoms with Crippen LogP contribution < -0.4 is 10.9 Å². The second-order valence-electron chi connectivity index (χ2n) is 6.55. The number of carbonyl (C=O) groups is 1. The molecule has 0 radical (unpaired) electrons. The lowest BCUT2D eigenvalue weighted by atomic mass is 10.2. The molecule has 0 aliphatic carbocycles. The van der Waals surface area contributed by atoms with Gasteiger partial charge in [-0.05, 0) is 44.5 Å². The number of amides is 1. The van der Waals surface area contributed by atoms with Crippen molar-refractivity contribution in [2.24, 2.45) is 0 Å². The molecule has 1 heterocycles. The van der Waals surface area contributed by atoms with Crippen LogP contribution in [0.1, 0.15) is 31.9 Å². The SMILES string of the molecule is CC[C@H](C)n1c(SCC(=O)Nc2ccc(C)cc2)nc2ccccc2c1=O. The summed E-state index contributed by atoms with van der Waals surface area (Å²) in [5, 5.41) is 4.06. The first kappa shape index (κ1) is 19.2. The molecule has 0 aliphatic heterocycles. The molecule has 2 aromatic carbocycles. The van der Waals surface area contributed by atoms with E-state index in [9.17, 15) is 9.59 Å². The smallest absolute Gasteiger partial charge is 0.262 e. The third-order valence-electron chi connectivity index (χ3n) is 4.47. The number of para-hydroxylation sites is 1. The molecule has 1 atom stereocenters. The monoisotopic (exact) mass is 381 g/mol. The van der Waals surface area contributed by atoms with E-state index in [1.807, 2.05) is 63.2 Å². The van der Waals surface area contributed by atoms with E-state index >= 15 is 0 Å². The third-order valence-corrected chi connectivity index (χ3v) is 5.43. The Labute approximate surface area is 162 Å². The molecule has 0 spiro atoms. The lowest BCUT2D eigenvalue weighted by Gasteiger charge is -2.18. The number of anilines is 1. The van der Waals surface area contributed by atoms with Gasteiger partial charge < -0.3 is 5.32 Å². The maximum Gasteiger partial charge on any atom is 0.262 e. The van der Waals surface area contributed by atoms with Crippen molar-refractivity contribution in [1.29, 1.82) is 0 Å². The fraction of sp³-hybridized carbons (Fsp3) is 0.286. The van der Waals surface area contributed by atoms with E-state index in [4.69, 9.17) is 0 Å². The third kappa shape index (κ3) is 4.39. The van der Waals surface area contributed by atoms with Crippen LogP contribution in [0, 0.1) is 6.92 Å². The Hall–Kier alpha value is -2.60. The van der Waals surface area contributed by atoms with Crippen LogP contribution in [-0.2, 0) is 4.79 Å². The molecule has 0 saturated carbocycles. The van der Waals surface area contributed by atoms with E-state index in [0.29, 0.717) is 16.1 Å². The first-order chi connectivity index (χ1) is 13.0. The van der Waals surface area contributed by atoms with Gasteiger partial charge in [-0.1, -0.05) is 48.5 Å². The molecule has 140 valence electrons. The summed E-state index contributed by atoms with van der Waals surface area (Å²) in [4.78, 5) is 29.9. The summed E-state index contributed by atoms with van der Waals surface area (Å²) < 4.78 is 1.70. The minimum absolute atomic E-state index is 0.0114. The molecule has 0 fully saturated rings. The number of carbonyl (C=O) groups excluding carboxylic acids is 1. The van der Waals surface area contributed by atoms with E-state index in [1.54, 1.807) is 10.6 Å². The van der Waals surface area contributed by atoms with Crippen LogP contribution in [0.3, 0.4) is 0 Å². The number of rotatable bonds is 6. The van der Waals surface area contributed by atoms with Crippen molar-refractivity contribution in [2.75, 3.05) is 11.1 Å². The molecule has 0 bridgehead atoms. The molecule has 1 amide bonds. The van der Waals surface area contributed by atoms with E-state index in [2.05, 4.69) is 10.3 Å². The van der Waals surface area contributed by atoms with Crippen LogP contribution in [0.4, 0.5) is 5.69 Å². The van der Waals surface area contributed by atoms with Gasteiger partial charge in [0.05, 0.1) is 16.7 Å². The standard InChI is InChI=1S/C21H23N3O2S/c1-4-15(3)24-20(26)17-7-5-6-8-18(17)23-21(24)27-13-19(25)22-16-11-9-14(2)10-12-16/h5-12,15H,4,13H2,1-3H3,(H,22,25)/t15-/m0/s1. The maximum atomic E-state index is 12.9. The lowest BCUT2D eigenvalue weighted by molar-refractivity contribution is -0.113. The second-order valence-corrected chi connectivity index (χ2v) is 7.49. The molecular weight excluding hydrogens is 358 g/mol. The number of benzene rings is 2. The molecule has 0 aliphatic rings. The molecule has 5 nitrogen and oxygen atoms in total. The van der Waals surface area contributed by atoms with E-state index in [-0.39, 0.29) is 23.3 Å². The maximum absolute atomic E-state index is 12.9. The van der Waals surface area contributed by atoms with Crippen molar-refractivity contribution in [3.63, 3.8) is 0 Å². The zero-order chi connectivity index (χ0) is 19.4. The molecule has 27 heavy (non-hydrogen) atoms. The first-order valence-electron chi connectivity index (χ1n) is 9.00. The minimum Gasteiger partial charge on any atom is -0.325 e. The minimum atomic E-state index is -0.123. The number of aromatic nitrogens is 2. The highest BCUT2D eigenvalue weighted by Crippen LogP contribution is 2.22. The summed E-state index contributed by atoms with van der Waals surface area (Å²) in [6.07, 6.45) is 0.809. The highest BCUT2D eigenvalue weighted by molar-refractivity contribution is 7.99. The quantitative estimate of drug-likeness (QED) is 0.507. The van der Waals surface area contributed by atoms with Crippen LogP contribution >= 0.6 is 11.8 Å². The zero-order valence-corrected chi connectivity index (χ0v) is 16.5. The number of hydrogen-bond acceptors (Lipinski definition) is 4. The molecule has 3 rings (SSSR count). The molecular formula is C21H23N3O2S. The van der Waals surface area contributed by atoms with Crippen LogP contribution in [0.2, 0.25) is 0 Å². The van der Waals surface area contributed by atoms with Gasteiger partial charge in [-0.2, -0.15) is 0 Å². The average molecular weight is 382 g/mol. The summed E-state index contributed by atoms with van der Waals surface area (Å²) >= 11 is 1.29. The lowest BCUT2D eigenvalue weighted by Crippen LogP contribution is -2.26. The Morgan fingerprint density at radius 3 is 2.59 bits per heavy atom. The van der Waals surface area contributed by atoms with Crippen molar-refractivity contribution in [3.8, 4) is 0 Å². The molecule has 1 N–H and O–H groups in total. The van der Waals surface area contributed by atoms with Crippen molar-refractivity contribution in [2.45, 2.75) is 38.4 Å². The normalized spacial score (nSPS) is 12.1. The van der Waals surface area contributed by atoms with E-state index in [1.165, 1.54) is 11.8 Å². The molecule has 6 heteroatoms. The molecule has 0 unspecified atom stereocenters. The number of fused-ring (bicyclic) bond motifs is 1. The fourth-order valence-electron chi connectivity index (χ4n) is 2.76. The van der Waals surface area contributed by atoms with Crippen molar-refractivity contribution in [3.05, 3.63) is 64.4 Å². The topological polar surface area (TPSA) is 64.0 Å². The number of nitrogens with zero attached hydrogens (tertiary/aromatic N) is 2. The van der Waals surface area contributed by atoms with Crippen molar-refractivity contribution >= 4 is 34.3 Å². The van der Waals surface area contributed by atoms with E-state index < -0.39 is 0 Å². The van der Waals surface area contributed by atoms with Crippen molar-refractivity contribution in [1.82, 2.24) is 9.55 Å². The Kier molecular flexibility index (Phi) is 5.96. The van der Waals surface area contributed by atoms with Gasteiger partial charge in [-0.3, -0.25) is 14.2 Å². The van der Waals surface area contributed by atoms with Gasteiger partial charge in [0.25, 0.3) is 5.56 Å². The Balaban J connectivity index is 1.84. The molecule has 1 aromatic heterocycles. The molecule has 3 aromatic rings. The van der Waals surface area contributed by atoms with Crippen molar-refractivity contribution < 1.29 is 4.79 Å². The fourth-order valence-corrected chi connectivity index (χ4v) is 3.66. The van der Waals surface area contributed by atoms with Gasteiger partial charge >= 0.3 is 0 Å². The summed E-state index contributed by atoms with van der Waals surface area (Å²) in [6, 6.07) is 15.0. The van der Waals surface area contributed by atoms with Gasteiger partial charge in [0, 0.05) is 11.7 Å². The highest BCUT2D eigenvalue weighted by atomic mass is 32.2. The van der Waals surface area contributed by atoms with Crippen LogP contribution in [0.25, 0.3) is 10.9 Å². The first-order valence-corrected chi connectivity index (χ1v) is 9.98. The summed E-state index contributed by atoms with van der Waals surface area (Å²) in [5.41, 5.74) is 2.50. The molecule has 0 saturated heterocycles. The van der Waals surface area contributed by atoms with Gasteiger partial charge in [-0.25, -0.2) is 4.98 Å². The van der Waals surface area contributed by atoms with Gasteiger partial charge in [-0.15, -0.1) is 0 Å². The number of thioether (sulfide) groups is 1. The predicted molar refractivity (Wildman–Crippen MR) is 112 cm³/mol. The van der Waals surface area contributed by atoms with E-state index in [0.717, 1.165) is 17.7 Å². The van der Waals surface area contributed by atoms with Crippen LogP contribution in [0.15, 0.2) is 58.5 Å². The van der Waals surface area contributed by atoms with Gasteiger partial charge in [0.15, 0.2) is 5.16 Å².